The summed E-state index contributed by atoms with van der Waals surface area (Å²) in [5.41, 5.74) is 7.45. The maximum absolute atomic E-state index is 5.68. The molecule has 16 heavy (non-hydrogen) atoms. The Bertz CT molecular complexity index is 652. The van der Waals surface area contributed by atoms with E-state index >= 15 is 0 Å². The zero-order chi connectivity index (χ0) is 10.3. The van der Waals surface area contributed by atoms with E-state index in [2.05, 4.69) is 9.97 Å². The molecule has 3 rings (SSSR count). The van der Waals surface area contributed by atoms with Crippen LogP contribution < -0.4 is 5.73 Å². The van der Waals surface area contributed by atoms with Crippen LogP contribution in [0.3, 0.4) is 0 Å². The summed E-state index contributed by atoms with van der Waals surface area (Å²) in [5.74, 6) is 0.528. The smallest absolute Gasteiger partial charge is 0.124 e. The summed E-state index contributed by atoms with van der Waals surface area (Å²) in [6, 6.07) is 11.8. The van der Waals surface area contributed by atoms with E-state index < -0.39 is 0 Å². The van der Waals surface area contributed by atoms with E-state index in [1.54, 1.807) is 12.3 Å². The van der Waals surface area contributed by atoms with Crippen molar-refractivity contribution >= 4 is 27.6 Å². The maximum Gasteiger partial charge on any atom is 0.124 e. The maximum atomic E-state index is 5.68. The molecular weight excluding hydrogens is 242 g/mol. The number of hydrogen-bond donors (Lipinski definition) is 1. The third-order valence-electron chi connectivity index (χ3n) is 2.45. The molecule has 0 aliphatic rings. The molecule has 0 spiro atoms. The Balaban J connectivity index is 0.000000963. The van der Waals surface area contributed by atoms with Crippen LogP contribution in [0.15, 0.2) is 42.6 Å². The first kappa shape index (κ1) is 10.9. The third-order valence-corrected chi connectivity index (χ3v) is 2.45. The fourth-order valence-electron chi connectivity index (χ4n) is 1.74. The zero-order valence-corrected chi connectivity index (χ0v) is 9.47. The van der Waals surface area contributed by atoms with Gasteiger partial charge >= 0.3 is 0 Å². The van der Waals surface area contributed by atoms with Crippen LogP contribution in [0.5, 0.6) is 0 Å². The first-order valence-corrected chi connectivity index (χ1v) is 4.74. The van der Waals surface area contributed by atoms with E-state index in [0.717, 1.165) is 21.8 Å². The van der Waals surface area contributed by atoms with Gasteiger partial charge < -0.3 is 5.73 Å². The Hall–Kier alpha value is -1.64. The normalized spacial score (nSPS) is 10.2. The second-order valence-electron chi connectivity index (χ2n) is 3.45. The van der Waals surface area contributed by atoms with Gasteiger partial charge in [-0.2, -0.15) is 0 Å². The van der Waals surface area contributed by atoms with Gasteiger partial charge in [0.2, 0.25) is 0 Å². The summed E-state index contributed by atoms with van der Waals surface area (Å²) < 4.78 is 0. The Morgan fingerprint density at radius 2 is 1.56 bits per heavy atom. The van der Waals surface area contributed by atoms with Crippen molar-refractivity contribution in [3.05, 3.63) is 42.6 Å². The van der Waals surface area contributed by atoms with Gasteiger partial charge in [-0.05, 0) is 18.2 Å². The molecule has 0 aliphatic heterocycles. The van der Waals surface area contributed by atoms with Crippen LogP contribution in [0, 0.1) is 0 Å². The molecular formula is C12H9FeN3. The molecule has 0 saturated carbocycles. The molecule has 0 aliphatic carbocycles. The SMILES string of the molecule is Nc1ccc2ccc3cccnc3c2n1.[Fe]. The minimum absolute atomic E-state index is 0. The predicted octanol–water partition coefficient (Wildman–Crippen LogP) is 2.36. The van der Waals surface area contributed by atoms with Crippen molar-refractivity contribution in [2.45, 2.75) is 0 Å². The molecule has 0 unspecified atom stereocenters. The molecule has 0 fully saturated rings. The molecule has 1 aromatic carbocycles. The summed E-state index contributed by atoms with van der Waals surface area (Å²) in [6.07, 6.45) is 1.77. The van der Waals surface area contributed by atoms with Crippen LogP contribution in [0.2, 0.25) is 0 Å². The number of nitrogens with zero attached hydrogens (tertiary/aromatic N) is 2. The van der Waals surface area contributed by atoms with E-state index in [0.29, 0.717) is 5.82 Å². The molecule has 0 saturated heterocycles. The first-order chi connectivity index (χ1) is 7.34. The molecule has 0 bridgehead atoms. The van der Waals surface area contributed by atoms with Crippen LogP contribution >= 0.6 is 0 Å². The molecule has 0 amide bonds. The fraction of sp³-hybridized carbons (Fsp3) is 0. The molecule has 0 atom stereocenters. The monoisotopic (exact) mass is 251 g/mol. The van der Waals surface area contributed by atoms with Gasteiger partial charge in [0.15, 0.2) is 0 Å². The van der Waals surface area contributed by atoms with Gasteiger partial charge in [0.05, 0.1) is 11.0 Å². The molecule has 4 heteroatoms. The second-order valence-corrected chi connectivity index (χ2v) is 3.45. The molecule has 3 nitrogen and oxygen atoms in total. The number of pyridine rings is 2. The number of aromatic nitrogens is 2. The number of rotatable bonds is 0. The van der Waals surface area contributed by atoms with Crippen LogP contribution in [0.4, 0.5) is 5.82 Å². The number of benzene rings is 1. The Morgan fingerprint density at radius 1 is 0.875 bits per heavy atom. The van der Waals surface area contributed by atoms with Crippen molar-refractivity contribution in [1.29, 1.82) is 0 Å². The minimum atomic E-state index is 0. The zero-order valence-electron chi connectivity index (χ0n) is 8.37. The van der Waals surface area contributed by atoms with Crippen LogP contribution in [0.1, 0.15) is 0 Å². The van der Waals surface area contributed by atoms with E-state index in [1.165, 1.54) is 0 Å². The van der Waals surface area contributed by atoms with Gasteiger partial charge in [0.1, 0.15) is 5.82 Å². The van der Waals surface area contributed by atoms with Gasteiger partial charge in [0.25, 0.3) is 0 Å². The quantitative estimate of drug-likeness (QED) is 0.493. The van der Waals surface area contributed by atoms with Crippen molar-refractivity contribution in [2.24, 2.45) is 0 Å². The minimum Gasteiger partial charge on any atom is -0.384 e. The van der Waals surface area contributed by atoms with Gasteiger partial charge in [-0.1, -0.05) is 18.2 Å². The number of fused-ring (bicyclic) bond motifs is 3. The fourth-order valence-corrected chi connectivity index (χ4v) is 1.74. The summed E-state index contributed by atoms with van der Waals surface area (Å²) in [5, 5.41) is 2.15. The topological polar surface area (TPSA) is 51.8 Å². The molecule has 3 aromatic rings. The number of hydrogen-bond acceptors (Lipinski definition) is 3. The van der Waals surface area contributed by atoms with Gasteiger partial charge in [0, 0.05) is 34.0 Å². The molecule has 2 aromatic heterocycles. The third kappa shape index (κ3) is 1.62. The predicted molar refractivity (Wildman–Crippen MR) is 61.5 cm³/mol. The van der Waals surface area contributed by atoms with Crippen molar-refractivity contribution in [3.63, 3.8) is 0 Å². The van der Waals surface area contributed by atoms with Crippen molar-refractivity contribution < 1.29 is 17.1 Å². The van der Waals surface area contributed by atoms with E-state index in [1.807, 2.05) is 30.3 Å². The van der Waals surface area contributed by atoms with E-state index in [9.17, 15) is 0 Å². The first-order valence-electron chi connectivity index (χ1n) is 4.74. The van der Waals surface area contributed by atoms with Gasteiger partial charge in [-0.25, -0.2) is 4.98 Å². The van der Waals surface area contributed by atoms with Crippen LogP contribution in [0.25, 0.3) is 21.8 Å². The van der Waals surface area contributed by atoms with Gasteiger partial charge in [-0.15, -0.1) is 0 Å². The summed E-state index contributed by atoms with van der Waals surface area (Å²) in [4.78, 5) is 8.65. The largest absolute Gasteiger partial charge is 0.384 e. The average molecular weight is 251 g/mol. The standard InChI is InChI=1S/C12H9N3.Fe/c13-10-6-5-9-4-3-8-2-1-7-14-11(8)12(9)15-10;/h1-7H,(H2,13,15);. The molecule has 80 valence electrons. The van der Waals surface area contributed by atoms with Crippen LogP contribution in [-0.2, 0) is 17.1 Å². The summed E-state index contributed by atoms with van der Waals surface area (Å²) >= 11 is 0. The van der Waals surface area contributed by atoms with Crippen molar-refractivity contribution in [2.75, 3.05) is 5.73 Å². The van der Waals surface area contributed by atoms with Crippen molar-refractivity contribution in [3.8, 4) is 0 Å². The summed E-state index contributed by atoms with van der Waals surface area (Å²) in [7, 11) is 0. The summed E-state index contributed by atoms with van der Waals surface area (Å²) in [6.45, 7) is 0. The van der Waals surface area contributed by atoms with E-state index in [-0.39, 0.29) is 17.1 Å². The number of anilines is 1. The molecule has 2 heterocycles. The Morgan fingerprint density at radius 3 is 2.38 bits per heavy atom. The number of nitrogens with two attached hydrogens (primary N) is 1. The van der Waals surface area contributed by atoms with Crippen molar-refractivity contribution in [1.82, 2.24) is 9.97 Å². The number of nitrogen functional groups attached to an aromatic ring is 1. The van der Waals surface area contributed by atoms with E-state index in [4.69, 9.17) is 5.73 Å². The van der Waals surface area contributed by atoms with Gasteiger partial charge in [-0.3, -0.25) is 4.98 Å². The Kier molecular flexibility index (Phi) is 2.77. The Labute approximate surface area is 103 Å². The molecule has 2 N–H and O–H groups in total. The average Bonchev–Trinajstić information content (AvgIpc) is 2.29. The molecule has 0 radical (unpaired) electrons. The second kappa shape index (κ2) is 4.08. The van der Waals surface area contributed by atoms with Crippen LogP contribution in [-0.4, -0.2) is 9.97 Å².